The normalized spacial score (nSPS) is 14.5. The zero-order chi connectivity index (χ0) is 23.3. The molecule has 4 aromatic rings. The van der Waals surface area contributed by atoms with Crippen molar-refractivity contribution in [2.45, 2.75) is 32.6 Å². The molecule has 10 heteroatoms. The summed E-state index contributed by atoms with van der Waals surface area (Å²) in [6.07, 6.45) is -1.57. The van der Waals surface area contributed by atoms with Gasteiger partial charge in [-0.1, -0.05) is 11.8 Å². The molecule has 5 nitrogen and oxygen atoms in total. The summed E-state index contributed by atoms with van der Waals surface area (Å²) in [4.78, 5) is 4.20. The van der Waals surface area contributed by atoms with Crippen molar-refractivity contribution >= 4 is 28.2 Å². The smallest absolute Gasteiger partial charge is 0.257 e. The minimum absolute atomic E-state index is 0.0365. The van der Waals surface area contributed by atoms with E-state index in [1.165, 1.54) is 12.1 Å². The molecule has 0 bridgehead atoms. The van der Waals surface area contributed by atoms with E-state index < -0.39 is 30.3 Å². The summed E-state index contributed by atoms with van der Waals surface area (Å²) in [6.45, 7) is 2.02. The van der Waals surface area contributed by atoms with Gasteiger partial charge < -0.3 is 5.32 Å². The second kappa shape index (κ2) is 7.69. The maximum atomic E-state index is 14.8. The van der Waals surface area contributed by atoms with E-state index in [1.807, 2.05) is 6.92 Å². The minimum Gasteiger partial charge on any atom is -0.339 e. The number of halogens is 5. The van der Waals surface area contributed by atoms with Crippen LogP contribution in [0.15, 0.2) is 30.3 Å². The first-order valence-corrected chi connectivity index (χ1v) is 10.1. The van der Waals surface area contributed by atoms with Crippen molar-refractivity contribution in [3.63, 3.8) is 0 Å². The molecule has 1 N–H and O–H groups in total. The van der Waals surface area contributed by atoms with Gasteiger partial charge in [-0.05, 0) is 44.0 Å². The Morgan fingerprint density at radius 3 is 2.55 bits per heavy atom. The lowest BCUT2D eigenvalue weighted by atomic mass is 10.1. The summed E-state index contributed by atoms with van der Waals surface area (Å²) >= 11 is 0. The van der Waals surface area contributed by atoms with Gasteiger partial charge in [0.15, 0.2) is 5.82 Å². The molecule has 0 radical (unpaired) electrons. The van der Waals surface area contributed by atoms with Crippen molar-refractivity contribution < 1.29 is 22.0 Å². The van der Waals surface area contributed by atoms with Crippen molar-refractivity contribution in [1.29, 1.82) is 0 Å². The fourth-order valence-electron chi connectivity index (χ4n) is 3.51. The number of aromatic nitrogens is 4. The zero-order valence-electron chi connectivity index (χ0n) is 17.3. The molecule has 1 aliphatic rings. The second-order valence-electron chi connectivity index (χ2n) is 8.26. The lowest BCUT2D eigenvalue weighted by Crippen LogP contribution is -2.07. The number of fused-ring (bicyclic) bond motifs is 3. The summed E-state index contributed by atoms with van der Waals surface area (Å²) in [5.74, 6) is 3.20. The Labute approximate surface area is 184 Å². The van der Waals surface area contributed by atoms with Gasteiger partial charge in [0.1, 0.15) is 23.3 Å². The van der Waals surface area contributed by atoms with E-state index in [2.05, 4.69) is 32.3 Å². The van der Waals surface area contributed by atoms with Gasteiger partial charge >= 0.3 is 0 Å². The lowest BCUT2D eigenvalue weighted by Gasteiger charge is -2.12. The molecule has 2 aromatic carbocycles. The highest BCUT2D eigenvalue weighted by molar-refractivity contribution is 5.93. The Bertz CT molecular complexity index is 1460. The Balaban J connectivity index is 1.64. The fourth-order valence-corrected chi connectivity index (χ4v) is 3.51. The van der Waals surface area contributed by atoms with Gasteiger partial charge in [-0.15, -0.1) is 10.2 Å². The van der Waals surface area contributed by atoms with E-state index in [0.29, 0.717) is 11.6 Å². The number of nitrogens with zero attached hydrogens (tertiary/aromatic N) is 4. The topological polar surface area (TPSA) is 55.1 Å². The average molecular weight is 457 g/mol. The maximum absolute atomic E-state index is 14.8. The molecule has 1 saturated carbocycles. The lowest BCUT2D eigenvalue weighted by molar-refractivity contribution is 0.146. The number of hydrogen-bond donors (Lipinski definition) is 1. The van der Waals surface area contributed by atoms with Crippen LogP contribution < -0.4 is 5.32 Å². The van der Waals surface area contributed by atoms with Crippen LogP contribution in [-0.4, -0.2) is 26.0 Å². The van der Waals surface area contributed by atoms with Gasteiger partial charge in [0.05, 0.1) is 11.9 Å². The van der Waals surface area contributed by atoms with Crippen LogP contribution in [0.5, 0.6) is 0 Å². The average Bonchev–Trinajstić information content (AvgIpc) is 3.35. The molecule has 0 amide bonds. The molecule has 0 atom stereocenters. The molecule has 2 aromatic heterocycles. The molecule has 33 heavy (non-hydrogen) atoms. The first kappa shape index (κ1) is 21.1. The van der Waals surface area contributed by atoms with Crippen LogP contribution in [-0.2, 0) is 6.42 Å². The van der Waals surface area contributed by atoms with Gasteiger partial charge in [-0.2, -0.15) is 4.98 Å². The molecule has 0 spiro atoms. The number of nitrogens with one attached hydrogen (secondary N) is 1. The summed E-state index contributed by atoms with van der Waals surface area (Å²) in [7, 11) is 0. The molecule has 2 heterocycles. The van der Waals surface area contributed by atoms with Crippen LogP contribution in [0, 0.1) is 34.7 Å². The molecule has 0 unspecified atom stereocenters. The first-order valence-electron chi connectivity index (χ1n) is 10.1. The Hall–Kier alpha value is -3.74. The van der Waals surface area contributed by atoms with Crippen LogP contribution in [0.3, 0.4) is 0 Å². The Morgan fingerprint density at radius 1 is 1.06 bits per heavy atom. The highest BCUT2D eigenvalue weighted by Gasteiger charge is 2.35. The number of anilines is 2. The van der Waals surface area contributed by atoms with Crippen molar-refractivity contribution in [3.05, 3.63) is 59.2 Å². The Morgan fingerprint density at radius 2 is 1.82 bits per heavy atom. The number of benzene rings is 2. The van der Waals surface area contributed by atoms with Gasteiger partial charge in [0.25, 0.3) is 5.78 Å². The van der Waals surface area contributed by atoms with Crippen molar-refractivity contribution in [1.82, 2.24) is 19.6 Å². The van der Waals surface area contributed by atoms with Gasteiger partial charge in [0.2, 0.25) is 6.43 Å². The standard InChI is InChI=1S/C23H16F5N5/c1-23(4-5-23)3-2-12-6-13(24)8-15(7-12)29-21-16-9-14(25)10-17(26)20(16)33-19(11-18(27)28)31-32-22(33)30-21/h6-10,18H,4-5,11H2,1H3,(H,29,30,32). The minimum atomic E-state index is -2.75. The second-order valence-corrected chi connectivity index (χ2v) is 8.26. The summed E-state index contributed by atoms with van der Waals surface area (Å²) in [5.41, 5.74) is 0.398. The molecular formula is C23H16F5N5. The molecule has 0 aliphatic heterocycles. The predicted octanol–water partition coefficient (Wildman–Crippen LogP) is 5.40. The summed E-state index contributed by atoms with van der Waals surface area (Å²) in [5, 5.41) is 10.3. The van der Waals surface area contributed by atoms with Gasteiger partial charge in [-0.3, -0.25) is 4.40 Å². The zero-order valence-corrected chi connectivity index (χ0v) is 17.3. The highest BCUT2D eigenvalue weighted by atomic mass is 19.3. The van der Waals surface area contributed by atoms with E-state index in [0.717, 1.165) is 23.3 Å². The summed E-state index contributed by atoms with van der Waals surface area (Å²) < 4.78 is 70.1. The number of alkyl halides is 2. The maximum Gasteiger partial charge on any atom is 0.257 e. The summed E-state index contributed by atoms with van der Waals surface area (Å²) in [6, 6.07) is 5.69. The highest BCUT2D eigenvalue weighted by Crippen LogP contribution is 2.44. The molecule has 168 valence electrons. The van der Waals surface area contributed by atoms with E-state index >= 15 is 0 Å². The van der Waals surface area contributed by atoms with E-state index in [9.17, 15) is 22.0 Å². The molecular weight excluding hydrogens is 441 g/mol. The number of hydrogen-bond acceptors (Lipinski definition) is 4. The van der Waals surface area contributed by atoms with Crippen LogP contribution in [0.4, 0.5) is 33.5 Å². The first-order chi connectivity index (χ1) is 15.7. The predicted molar refractivity (Wildman–Crippen MR) is 112 cm³/mol. The SMILES string of the molecule is CC1(C#Cc2cc(F)cc(Nc3nc4nnc(CC(F)F)n4c4c(F)cc(F)cc34)c2)CC1. The van der Waals surface area contributed by atoms with Crippen LogP contribution in [0.1, 0.15) is 31.2 Å². The van der Waals surface area contributed by atoms with Crippen molar-refractivity contribution in [2.75, 3.05) is 5.32 Å². The third-order valence-corrected chi connectivity index (χ3v) is 5.44. The third-order valence-electron chi connectivity index (χ3n) is 5.44. The third kappa shape index (κ3) is 4.18. The molecule has 5 rings (SSSR count). The van der Waals surface area contributed by atoms with E-state index in [1.54, 1.807) is 6.07 Å². The van der Waals surface area contributed by atoms with Crippen LogP contribution in [0.2, 0.25) is 0 Å². The fraction of sp³-hybridized carbons (Fsp3) is 0.261. The quantitative estimate of drug-likeness (QED) is 0.330. The van der Waals surface area contributed by atoms with Gasteiger partial charge in [-0.25, -0.2) is 22.0 Å². The largest absolute Gasteiger partial charge is 0.339 e. The van der Waals surface area contributed by atoms with Crippen molar-refractivity contribution in [3.8, 4) is 11.8 Å². The monoisotopic (exact) mass is 457 g/mol. The van der Waals surface area contributed by atoms with E-state index in [4.69, 9.17) is 0 Å². The van der Waals surface area contributed by atoms with Gasteiger partial charge in [0, 0.05) is 28.1 Å². The molecule has 0 saturated heterocycles. The number of rotatable bonds is 4. The van der Waals surface area contributed by atoms with Crippen LogP contribution in [0.25, 0.3) is 16.7 Å². The molecule has 1 fully saturated rings. The van der Waals surface area contributed by atoms with Crippen molar-refractivity contribution in [2.24, 2.45) is 5.41 Å². The van der Waals surface area contributed by atoms with E-state index in [-0.39, 0.29) is 39.4 Å². The van der Waals surface area contributed by atoms with Crippen LogP contribution >= 0.6 is 0 Å². The molecule has 1 aliphatic carbocycles. The Kier molecular flexibility index (Phi) is 4.92.